The van der Waals surface area contributed by atoms with Gasteiger partial charge in [0, 0.05) is 25.6 Å². The largest absolute Gasteiger partial charge is 0.342 e. The van der Waals surface area contributed by atoms with Crippen LogP contribution in [0.3, 0.4) is 0 Å². The Labute approximate surface area is 119 Å². The highest BCUT2D eigenvalue weighted by molar-refractivity contribution is 5.76. The third-order valence-corrected chi connectivity index (χ3v) is 4.48. The summed E-state index contributed by atoms with van der Waals surface area (Å²) in [6.07, 6.45) is 9.16. The summed E-state index contributed by atoms with van der Waals surface area (Å²) in [5, 5.41) is 3.39. The number of nitrogens with zero attached hydrogens (tertiary/aromatic N) is 1. The third-order valence-electron chi connectivity index (χ3n) is 4.48. The first-order valence-electron chi connectivity index (χ1n) is 8.17. The molecule has 0 aromatic carbocycles. The Balaban J connectivity index is 2.25. The fraction of sp³-hybridized carbons (Fsp3) is 0.938. The molecule has 0 bridgehead atoms. The summed E-state index contributed by atoms with van der Waals surface area (Å²) in [7, 11) is 2.04. The molecule has 2 unspecified atom stereocenters. The van der Waals surface area contributed by atoms with Crippen LogP contribution in [0.15, 0.2) is 0 Å². The fourth-order valence-corrected chi connectivity index (χ4v) is 3.09. The Morgan fingerprint density at radius 3 is 2.58 bits per heavy atom. The van der Waals surface area contributed by atoms with Crippen LogP contribution in [0.2, 0.25) is 0 Å². The highest BCUT2D eigenvalue weighted by Gasteiger charge is 2.28. The van der Waals surface area contributed by atoms with E-state index in [1.54, 1.807) is 0 Å². The van der Waals surface area contributed by atoms with Crippen molar-refractivity contribution in [3.63, 3.8) is 0 Å². The molecule has 3 nitrogen and oxygen atoms in total. The number of carbonyl (C=O) groups excluding carboxylic acids is 1. The molecule has 1 aliphatic rings. The second kappa shape index (κ2) is 9.35. The van der Waals surface area contributed by atoms with E-state index < -0.39 is 0 Å². The number of likely N-dealkylation sites (tertiary alicyclic amines) is 1. The fourth-order valence-electron chi connectivity index (χ4n) is 3.09. The van der Waals surface area contributed by atoms with Crippen molar-refractivity contribution in [3.05, 3.63) is 0 Å². The summed E-state index contributed by atoms with van der Waals surface area (Å²) in [6.45, 7) is 6.35. The van der Waals surface area contributed by atoms with Crippen LogP contribution in [0.1, 0.15) is 65.2 Å². The van der Waals surface area contributed by atoms with E-state index in [4.69, 9.17) is 0 Å². The maximum absolute atomic E-state index is 12.2. The lowest BCUT2D eigenvalue weighted by atomic mass is 9.90. The Hall–Kier alpha value is -0.570. The predicted octanol–water partition coefficient (Wildman–Crippen LogP) is 3.19. The van der Waals surface area contributed by atoms with Crippen molar-refractivity contribution in [2.24, 2.45) is 5.92 Å². The van der Waals surface area contributed by atoms with E-state index in [0.29, 0.717) is 17.9 Å². The van der Waals surface area contributed by atoms with Crippen molar-refractivity contribution in [1.82, 2.24) is 10.2 Å². The average molecular weight is 268 g/mol. The van der Waals surface area contributed by atoms with Crippen LogP contribution in [-0.2, 0) is 4.79 Å². The second-order valence-corrected chi connectivity index (χ2v) is 5.86. The van der Waals surface area contributed by atoms with Gasteiger partial charge in [-0.05, 0) is 25.8 Å². The van der Waals surface area contributed by atoms with Gasteiger partial charge in [0.1, 0.15) is 0 Å². The van der Waals surface area contributed by atoms with Crippen LogP contribution >= 0.6 is 0 Å². The van der Waals surface area contributed by atoms with Crippen LogP contribution in [0.5, 0.6) is 0 Å². The molecule has 0 radical (unpaired) electrons. The van der Waals surface area contributed by atoms with Crippen molar-refractivity contribution in [2.45, 2.75) is 71.3 Å². The average Bonchev–Trinajstić information content (AvgIpc) is 2.46. The molecule has 1 rings (SSSR count). The Bertz CT molecular complexity index is 255. The first-order chi connectivity index (χ1) is 9.22. The van der Waals surface area contributed by atoms with Crippen LogP contribution in [0.25, 0.3) is 0 Å². The molecule has 0 aromatic heterocycles. The Morgan fingerprint density at radius 2 is 1.95 bits per heavy atom. The van der Waals surface area contributed by atoms with E-state index in [1.165, 1.54) is 25.7 Å². The van der Waals surface area contributed by atoms with Crippen molar-refractivity contribution < 1.29 is 4.79 Å². The lowest BCUT2D eigenvalue weighted by molar-refractivity contribution is -0.133. The van der Waals surface area contributed by atoms with Gasteiger partial charge in [-0.25, -0.2) is 0 Å². The molecule has 1 fully saturated rings. The van der Waals surface area contributed by atoms with Crippen LogP contribution in [-0.4, -0.2) is 37.0 Å². The number of carbonyl (C=O) groups is 1. The van der Waals surface area contributed by atoms with Crippen molar-refractivity contribution in [1.29, 1.82) is 0 Å². The zero-order valence-corrected chi connectivity index (χ0v) is 13.1. The molecule has 1 aliphatic heterocycles. The minimum Gasteiger partial charge on any atom is -0.342 e. The summed E-state index contributed by atoms with van der Waals surface area (Å²) in [6, 6.07) is 0.596. The van der Waals surface area contributed by atoms with Gasteiger partial charge in [-0.2, -0.15) is 0 Å². The van der Waals surface area contributed by atoms with Crippen LogP contribution < -0.4 is 5.32 Å². The van der Waals surface area contributed by atoms with Gasteiger partial charge in [-0.1, -0.05) is 46.0 Å². The molecule has 0 aliphatic carbocycles. The monoisotopic (exact) mass is 268 g/mol. The summed E-state index contributed by atoms with van der Waals surface area (Å²) in [4.78, 5) is 14.3. The molecule has 0 saturated carbocycles. The zero-order chi connectivity index (χ0) is 14.1. The van der Waals surface area contributed by atoms with E-state index >= 15 is 0 Å². The summed E-state index contributed by atoms with van der Waals surface area (Å²) >= 11 is 0. The molecule has 1 N–H and O–H groups in total. The number of hydrogen-bond acceptors (Lipinski definition) is 2. The molecule has 0 aromatic rings. The van der Waals surface area contributed by atoms with Crippen LogP contribution in [0.4, 0.5) is 0 Å². The molecule has 1 saturated heterocycles. The summed E-state index contributed by atoms with van der Waals surface area (Å²) < 4.78 is 0. The Morgan fingerprint density at radius 1 is 1.21 bits per heavy atom. The third kappa shape index (κ3) is 5.52. The van der Waals surface area contributed by atoms with E-state index in [9.17, 15) is 4.79 Å². The molecule has 2 atom stereocenters. The SMILES string of the molecule is CCCCCCCC(=O)N1CCC(NC)C(CC)C1. The van der Waals surface area contributed by atoms with Crippen molar-refractivity contribution >= 4 is 5.91 Å². The molecule has 1 amide bonds. The number of nitrogens with one attached hydrogen (secondary N) is 1. The van der Waals surface area contributed by atoms with Gasteiger partial charge in [0.15, 0.2) is 0 Å². The van der Waals surface area contributed by atoms with E-state index in [1.807, 2.05) is 7.05 Å². The molecular weight excluding hydrogens is 236 g/mol. The molecule has 19 heavy (non-hydrogen) atoms. The highest BCUT2D eigenvalue weighted by atomic mass is 16.2. The van der Waals surface area contributed by atoms with Crippen LogP contribution in [0, 0.1) is 5.92 Å². The Kier molecular flexibility index (Phi) is 8.11. The van der Waals surface area contributed by atoms with Crippen molar-refractivity contribution in [3.8, 4) is 0 Å². The molecule has 1 heterocycles. The van der Waals surface area contributed by atoms with Gasteiger partial charge in [0.05, 0.1) is 0 Å². The molecular formula is C16H32N2O. The van der Waals surface area contributed by atoms with Gasteiger partial charge < -0.3 is 10.2 Å². The maximum Gasteiger partial charge on any atom is 0.222 e. The van der Waals surface area contributed by atoms with Gasteiger partial charge in [0.2, 0.25) is 5.91 Å². The number of amides is 1. The van der Waals surface area contributed by atoms with E-state index in [0.717, 1.165) is 38.8 Å². The molecule has 0 spiro atoms. The highest BCUT2D eigenvalue weighted by Crippen LogP contribution is 2.21. The normalized spacial score (nSPS) is 23.6. The van der Waals surface area contributed by atoms with Crippen molar-refractivity contribution in [2.75, 3.05) is 20.1 Å². The summed E-state index contributed by atoms with van der Waals surface area (Å²) in [5.41, 5.74) is 0. The quantitative estimate of drug-likeness (QED) is 0.686. The van der Waals surface area contributed by atoms with Gasteiger partial charge >= 0.3 is 0 Å². The molecule has 112 valence electrons. The topological polar surface area (TPSA) is 32.3 Å². The first-order valence-corrected chi connectivity index (χ1v) is 8.17. The smallest absolute Gasteiger partial charge is 0.222 e. The predicted molar refractivity (Wildman–Crippen MR) is 81.2 cm³/mol. The van der Waals surface area contributed by atoms with E-state index in [2.05, 4.69) is 24.1 Å². The molecule has 3 heteroatoms. The van der Waals surface area contributed by atoms with Gasteiger partial charge in [-0.3, -0.25) is 4.79 Å². The number of rotatable bonds is 8. The first kappa shape index (κ1) is 16.5. The summed E-state index contributed by atoms with van der Waals surface area (Å²) in [5.74, 6) is 1.01. The number of hydrogen-bond donors (Lipinski definition) is 1. The maximum atomic E-state index is 12.2. The minimum atomic E-state index is 0.379. The van der Waals surface area contributed by atoms with Gasteiger partial charge in [-0.15, -0.1) is 0 Å². The minimum absolute atomic E-state index is 0.379. The zero-order valence-electron chi connectivity index (χ0n) is 13.1. The van der Waals surface area contributed by atoms with E-state index in [-0.39, 0.29) is 0 Å². The second-order valence-electron chi connectivity index (χ2n) is 5.86. The lowest BCUT2D eigenvalue weighted by Crippen LogP contribution is -2.50. The lowest BCUT2D eigenvalue weighted by Gasteiger charge is -2.38. The number of piperidine rings is 1. The standard InChI is InChI=1S/C16H32N2O/c1-4-6-7-8-9-10-16(19)18-12-11-15(17-3)14(5-2)13-18/h14-15,17H,4-13H2,1-3H3. The number of unbranched alkanes of at least 4 members (excludes halogenated alkanes) is 4. The van der Waals surface area contributed by atoms with Gasteiger partial charge in [0.25, 0.3) is 0 Å².